The Morgan fingerprint density at radius 1 is 1.00 bits per heavy atom. The van der Waals surface area contributed by atoms with Gasteiger partial charge >= 0.3 is 6.09 Å². The Bertz CT molecular complexity index is 903. The summed E-state index contributed by atoms with van der Waals surface area (Å²) in [4.78, 5) is 10.4. The molecule has 0 radical (unpaired) electrons. The summed E-state index contributed by atoms with van der Waals surface area (Å²) in [5, 5.41) is 19.0. The van der Waals surface area contributed by atoms with E-state index >= 15 is 0 Å². The van der Waals surface area contributed by atoms with Gasteiger partial charge in [-0.2, -0.15) is 0 Å². The fourth-order valence-electron chi connectivity index (χ4n) is 2.47. The lowest BCUT2D eigenvalue weighted by Crippen LogP contribution is -2.23. The Morgan fingerprint density at radius 3 is 2.50 bits per heavy atom. The normalized spacial score (nSPS) is 10.5. The van der Waals surface area contributed by atoms with E-state index in [-0.39, 0.29) is 0 Å². The molecule has 8 nitrogen and oxygen atoms in total. The molecule has 0 unspecified atom stereocenters. The average Bonchev–Trinajstić information content (AvgIpc) is 3.23. The molecule has 2 aromatic carbocycles. The number of benzene rings is 2. The molecule has 3 rings (SSSR count). The van der Waals surface area contributed by atoms with Crippen LogP contribution in [0.25, 0.3) is 11.5 Å². The SMILES string of the molecule is O=C(O)NCCCOc1ccc(-c2nnc(CSCCOc3ccccc3)o2)cc1. The number of nitrogens with zero attached hydrogens (tertiary/aromatic N) is 2. The van der Waals surface area contributed by atoms with Gasteiger partial charge in [-0.05, 0) is 42.8 Å². The lowest BCUT2D eigenvalue weighted by molar-refractivity contribution is 0.193. The number of carbonyl (C=O) groups is 1. The van der Waals surface area contributed by atoms with Gasteiger partial charge in [0.25, 0.3) is 0 Å². The highest BCUT2D eigenvalue weighted by Gasteiger charge is 2.09. The van der Waals surface area contributed by atoms with Crippen LogP contribution < -0.4 is 14.8 Å². The molecule has 0 aliphatic rings. The Morgan fingerprint density at radius 2 is 1.73 bits per heavy atom. The van der Waals surface area contributed by atoms with Crippen molar-refractivity contribution in [2.24, 2.45) is 0 Å². The first-order chi connectivity index (χ1) is 14.7. The molecule has 1 amide bonds. The van der Waals surface area contributed by atoms with E-state index in [4.69, 9.17) is 19.0 Å². The maximum atomic E-state index is 10.4. The van der Waals surface area contributed by atoms with E-state index in [0.29, 0.717) is 49.5 Å². The number of para-hydroxylation sites is 1. The minimum Gasteiger partial charge on any atom is -0.494 e. The van der Waals surface area contributed by atoms with Crippen LogP contribution in [0.2, 0.25) is 0 Å². The van der Waals surface area contributed by atoms with Crippen LogP contribution in [0.4, 0.5) is 4.79 Å². The van der Waals surface area contributed by atoms with Crippen molar-refractivity contribution in [3.8, 4) is 23.0 Å². The molecule has 0 atom stereocenters. The summed E-state index contributed by atoms with van der Waals surface area (Å²) < 4.78 is 17.0. The zero-order valence-corrected chi connectivity index (χ0v) is 17.1. The van der Waals surface area contributed by atoms with E-state index < -0.39 is 6.09 Å². The van der Waals surface area contributed by atoms with E-state index in [1.54, 1.807) is 11.8 Å². The van der Waals surface area contributed by atoms with Crippen LogP contribution in [0, 0.1) is 0 Å². The van der Waals surface area contributed by atoms with Crippen molar-refractivity contribution in [3.63, 3.8) is 0 Å². The molecule has 9 heteroatoms. The molecule has 3 aromatic rings. The molecule has 0 saturated heterocycles. The van der Waals surface area contributed by atoms with Gasteiger partial charge in [0, 0.05) is 17.9 Å². The summed E-state index contributed by atoms with van der Waals surface area (Å²) in [6.07, 6.45) is -0.438. The third-order valence-electron chi connectivity index (χ3n) is 3.90. The molecule has 0 spiro atoms. The van der Waals surface area contributed by atoms with Crippen LogP contribution in [0.1, 0.15) is 12.3 Å². The molecular weight excluding hydrogens is 406 g/mol. The number of aromatic nitrogens is 2. The van der Waals surface area contributed by atoms with E-state index in [9.17, 15) is 4.79 Å². The number of amides is 1. The lowest BCUT2D eigenvalue weighted by Gasteiger charge is -2.06. The number of hydrogen-bond donors (Lipinski definition) is 2. The minimum atomic E-state index is -1.03. The first-order valence-corrected chi connectivity index (χ1v) is 10.6. The topological polar surface area (TPSA) is 107 Å². The average molecular weight is 429 g/mol. The molecule has 1 aromatic heterocycles. The summed E-state index contributed by atoms with van der Waals surface area (Å²) in [6.45, 7) is 1.40. The van der Waals surface area contributed by atoms with Crippen LogP contribution in [0.3, 0.4) is 0 Å². The van der Waals surface area contributed by atoms with Crippen molar-refractivity contribution >= 4 is 17.9 Å². The van der Waals surface area contributed by atoms with Crippen LogP contribution in [-0.4, -0.2) is 46.9 Å². The fraction of sp³-hybridized carbons (Fsp3) is 0.286. The molecular formula is C21H23N3O5S. The molecule has 0 bridgehead atoms. The van der Waals surface area contributed by atoms with Crippen molar-refractivity contribution in [2.75, 3.05) is 25.5 Å². The molecule has 1 heterocycles. The van der Waals surface area contributed by atoms with Crippen LogP contribution in [0.15, 0.2) is 59.0 Å². The third kappa shape index (κ3) is 7.32. The number of ether oxygens (including phenoxy) is 2. The number of nitrogens with one attached hydrogen (secondary N) is 1. The zero-order chi connectivity index (χ0) is 21.0. The second kappa shape index (κ2) is 11.7. The highest BCUT2D eigenvalue weighted by atomic mass is 32.2. The van der Waals surface area contributed by atoms with Gasteiger partial charge in [-0.3, -0.25) is 0 Å². The maximum absolute atomic E-state index is 10.4. The van der Waals surface area contributed by atoms with Crippen molar-refractivity contribution in [3.05, 3.63) is 60.5 Å². The highest BCUT2D eigenvalue weighted by molar-refractivity contribution is 7.98. The van der Waals surface area contributed by atoms with Gasteiger partial charge in [-0.25, -0.2) is 4.79 Å². The van der Waals surface area contributed by atoms with Crippen molar-refractivity contribution in [1.29, 1.82) is 0 Å². The van der Waals surface area contributed by atoms with Crippen molar-refractivity contribution in [1.82, 2.24) is 15.5 Å². The van der Waals surface area contributed by atoms with Gasteiger partial charge in [0.1, 0.15) is 11.5 Å². The summed E-state index contributed by atoms with van der Waals surface area (Å²) >= 11 is 1.67. The predicted molar refractivity (Wildman–Crippen MR) is 114 cm³/mol. The third-order valence-corrected chi connectivity index (χ3v) is 4.81. The number of thioether (sulfide) groups is 1. The second-order valence-corrected chi connectivity index (χ2v) is 7.28. The lowest BCUT2D eigenvalue weighted by atomic mass is 10.2. The molecule has 30 heavy (non-hydrogen) atoms. The number of hydrogen-bond acceptors (Lipinski definition) is 7. The zero-order valence-electron chi connectivity index (χ0n) is 16.3. The first kappa shape index (κ1) is 21.5. The van der Waals surface area contributed by atoms with E-state index in [0.717, 1.165) is 17.1 Å². The molecule has 0 fully saturated rings. The van der Waals surface area contributed by atoms with E-state index in [1.165, 1.54) is 0 Å². The van der Waals surface area contributed by atoms with Crippen LogP contribution in [-0.2, 0) is 5.75 Å². The maximum Gasteiger partial charge on any atom is 0.404 e. The van der Waals surface area contributed by atoms with Crippen molar-refractivity contribution in [2.45, 2.75) is 12.2 Å². The monoisotopic (exact) mass is 429 g/mol. The predicted octanol–water partition coefficient (Wildman–Crippen LogP) is 4.09. The Hall–Kier alpha value is -3.20. The standard InChI is InChI=1S/C21H23N3O5S/c25-21(26)22-11-4-12-27-18-9-7-16(8-10-18)20-24-23-19(29-20)15-30-14-13-28-17-5-2-1-3-6-17/h1-3,5-10,22H,4,11-15H2,(H,25,26). The quantitative estimate of drug-likeness (QED) is 0.415. The van der Waals surface area contributed by atoms with Crippen LogP contribution in [0.5, 0.6) is 11.5 Å². The van der Waals surface area contributed by atoms with Gasteiger partial charge in [0.05, 0.1) is 19.0 Å². The van der Waals surface area contributed by atoms with Gasteiger partial charge in [0.2, 0.25) is 11.8 Å². The molecule has 0 saturated carbocycles. The largest absolute Gasteiger partial charge is 0.494 e. The summed E-state index contributed by atoms with van der Waals surface area (Å²) in [7, 11) is 0. The molecule has 0 aliphatic carbocycles. The Labute approximate surface area is 178 Å². The summed E-state index contributed by atoms with van der Waals surface area (Å²) in [5.74, 6) is 4.03. The van der Waals surface area contributed by atoms with Gasteiger partial charge in [0.15, 0.2) is 0 Å². The highest BCUT2D eigenvalue weighted by Crippen LogP contribution is 2.23. The molecule has 2 N–H and O–H groups in total. The number of rotatable bonds is 12. The summed E-state index contributed by atoms with van der Waals surface area (Å²) in [5.41, 5.74) is 0.811. The van der Waals surface area contributed by atoms with E-state index in [2.05, 4.69) is 15.5 Å². The van der Waals surface area contributed by atoms with Crippen molar-refractivity contribution < 1.29 is 23.8 Å². The van der Waals surface area contributed by atoms with E-state index in [1.807, 2.05) is 54.6 Å². The van der Waals surface area contributed by atoms with Gasteiger partial charge < -0.3 is 24.3 Å². The Kier molecular flexibility index (Phi) is 8.40. The van der Waals surface area contributed by atoms with Crippen LogP contribution >= 0.6 is 11.8 Å². The minimum absolute atomic E-state index is 0.356. The second-order valence-electron chi connectivity index (χ2n) is 6.17. The van der Waals surface area contributed by atoms with Gasteiger partial charge in [-0.1, -0.05) is 18.2 Å². The Balaban J connectivity index is 1.37. The van der Waals surface area contributed by atoms with Gasteiger partial charge in [-0.15, -0.1) is 22.0 Å². The fourth-order valence-corrected chi connectivity index (χ4v) is 3.11. The first-order valence-electron chi connectivity index (χ1n) is 9.49. The molecule has 158 valence electrons. The summed E-state index contributed by atoms with van der Waals surface area (Å²) in [6, 6.07) is 17.1. The molecule has 0 aliphatic heterocycles. The smallest absolute Gasteiger partial charge is 0.404 e. The number of carboxylic acid groups (broad SMARTS) is 1.